The summed E-state index contributed by atoms with van der Waals surface area (Å²) in [4.78, 5) is 12.2. The number of phenolic OH excluding ortho intramolecular Hbond substituents is 1. The number of aromatic hydroxyl groups is 1. The molecule has 0 spiro atoms. The lowest BCUT2D eigenvalue weighted by molar-refractivity contribution is -0.135. The van der Waals surface area contributed by atoms with Crippen LogP contribution in [0.5, 0.6) is 17.2 Å². The van der Waals surface area contributed by atoms with Gasteiger partial charge in [-0.3, -0.25) is 4.79 Å². The van der Waals surface area contributed by atoms with Gasteiger partial charge in [-0.15, -0.1) is 5.10 Å². The van der Waals surface area contributed by atoms with E-state index in [1.54, 1.807) is 12.1 Å². The fourth-order valence-electron chi connectivity index (χ4n) is 2.77. The van der Waals surface area contributed by atoms with E-state index in [2.05, 4.69) is 21.0 Å². The summed E-state index contributed by atoms with van der Waals surface area (Å²) in [5.74, 6) is 0.866. The normalized spacial score (nSPS) is 16.0. The molecule has 0 unspecified atom stereocenters. The standard InChI is InChI=1S/C20H21BrN2O5/c1-11(2)27-17-8-6-14(21)10-15(17)19-22-23(12(3)24)20(28-19)13-5-7-16(25)18(9-13)26-4/h5-11,20,25H,1-4H3/t20-/m1/s1. The molecule has 0 aliphatic carbocycles. The van der Waals surface area contributed by atoms with Crippen molar-refractivity contribution in [2.75, 3.05) is 7.11 Å². The van der Waals surface area contributed by atoms with Crippen LogP contribution in [0.2, 0.25) is 0 Å². The third-order valence-corrected chi connectivity index (χ3v) is 4.48. The first-order valence-electron chi connectivity index (χ1n) is 8.68. The zero-order chi connectivity index (χ0) is 20.4. The minimum Gasteiger partial charge on any atom is -0.504 e. The number of hydrogen-bond donors (Lipinski definition) is 1. The molecule has 2 aromatic carbocycles. The zero-order valence-electron chi connectivity index (χ0n) is 16.0. The molecule has 1 atom stereocenters. The summed E-state index contributed by atoms with van der Waals surface area (Å²) in [6.07, 6.45) is -0.823. The Morgan fingerprint density at radius 1 is 1.25 bits per heavy atom. The van der Waals surface area contributed by atoms with Crippen molar-refractivity contribution < 1.29 is 24.1 Å². The molecule has 0 fully saturated rings. The van der Waals surface area contributed by atoms with Crippen LogP contribution >= 0.6 is 15.9 Å². The number of hydrazone groups is 1. The molecule has 2 aromatic rings. The first-order chi connectivity index (χ1) is 13.3. The SMILES string of the molecule is COc1cc([C@H]2OC(c3cc(Br)ccc3OC(C)C)=NN2C(C)=O)ccc1O. The second kappa shape index (κ2) is 8.10. The lowest BCUT2D eigenvalue weighted by Crippen LogP contribution is -2.25. The number of halogens is 1. The van der Waals surface area contributed by atoms with E-state index >= 15 is 0 Å². The second-order valence-corrected chi connectivity index (χ2v) is 7.39. The number of rotatable bonds is 5. The van der Waals surface area contributed by atoms with Gasteiger partial charge in [0.1, 0.15) is 5.75 Å². The highest BCUT2D eigenvalue weighted by Gasteiger charge is 2.34. The van der Waals surface area contributed by atoms with Crippen molar-refractivity contribution >= 4 is 27.7 Å². The van der Waals surface area contributed by atoms with Crippen molar-refractivity contribution in [3.05, 3.63) is 52.0 Å². The van der Waals surface area contributed by atoms with Crippen molar-refractivity contribution in [2.24, 2.45) is 5.10 Å². The molecule has 3 rings (SSSR count). The molecule has 1 aliphatic heterocycles. The Morgan fingerprint density at radius 2 is 2.00 bits per heavy atom. The molecule has 1 aliphatic rings. The third-order valence-electron chi connectivity index (χ3n) is 3.99. The van der Waals surface area contributed by atoms with Crippen LogP contribution in [0.3, 0.4) is 0 Å². The molecule has 7 nitrogen and oxygen atoms in total. The first kappa shape index (κ1) is 20.0. The summed E-state index contributed by atoms with van der Waals surface area (Å²) in [6.45, 7) is 5.26. The minimum absolute atomic E-state index is 0.000580. The number of benzene rings is 2. The van der Waals surface area contributed by atoms with Gasteiger partial charge in [-0.25, -0.2) is 0 Å². The molecular weight excluding hydrogens is 428 g/mol. The maximum atomic E-state index is 12.2. The van der Waals surface area contributed by atoms with Crippen LogP contribution < -0.4 is 9.47 Å². The molecule has 148 valence electrons. The van der Waals surface area contributed by atoms with Crippen LogP contribution in [0.25, 0.3) is 0 Å². The molecule has 28 heavy (non-hydrogen) atoms. The molecule has 0 bridgehead atoms. The first-order valence-corrected chi connectivity index (χ1v) is 9.48. The summed E-state index contributed by atoms with van der Waals surface area (Å²) < 4.78 is 17.9. The van der Waals surface area contributed by atoms with E-state index in [0.29, 0.717) is 16.9 Å². The minimum atomic E-state index is -0.784. The van der Waals surface area contributed by atoms with Crippen molar-refractivity contribution in [3.8, 4) is 17.2 Å². The van der Waals surface area contributed by atoms with E-state index in [1.807, 2.05) is 32.0 Å². The largest absolute Gasteiger partial charge is 0.504 e. The molecule has 0 saturated heterocycles. The van der Waals surface area contributed by atoms with E-state index < -0.39 is 6.23 Å². The molecule has 0 radical (unpaired) electrons. The number of hydrogen-bond acceptors (Lipinski definition) is 6. The van der Waals surface area contributed by atoms with Gasteiger partial charge >= 0.3 is 0 Å². The monoisotopic (exact) mass is 448 g/mol. The van der Waals surface area contributed by atoms with Crippen LogP contribution in [-0.4, -0.2) is 35.1 Å². The Hall–Kier alpha value is -2.74. The molecule has 1 heterocycles. The highest BCUT2D eigenvalue weighted by atomic mass is 79.9. The number of nitrogens with zero attached hydrogens (tertiary/aromatic N) is 2. The van der Waals surface area contributed by atoms with Crippen LogP contribution in [-0.2, 0) is 9.53 Å². The Morgan fingerprint density at radius 3 is 2.64 bits per heavy atom. The summed E-state index contributed by atoms with van der Waals surface area (Å²) in [5.41, 5.74) is 1.24. The highest BCUT2D eigenvalue weighted by Crippen LogP contribution is 2.37. The van der Waals surface area contributed by atoms with Gasteiger partial charge in [0.15, 0.2) is 11.5 Å². The predicted octanol–water partition coefficient (Wildman–Crippen LogP) is 4.19. The molecule has 0 aromatic heterocycles. The Kier molecular flexibility index (Phi) is 5.79. The Labute approximate surface area is 171 Å². The van der Waals surface area contributed by atoms with Crippen molar-refractivity contribution in [1.29, 1.82) is 0 Å². The van der Waals surface area contributed by atoms with Crippen LogP contribution in [0.1, 0.15) is 38.1 Å². The van der Waals surface area contributed by atoms with Gasteiger partial charge in [0.2, 0.25) is 18.0 Å². The molecule has 8 heteroatoms. The van der Waals surface area contributed by atoms with E-state index in [9.17, 15) is 9.90 Å². The summed E-state index contributed by atoms with van der Waals surface area (Å²) in [5, 5.41) is 15.5. The third kappa shape index (κ3) is 4.06. The van der Waals surface area contributed by atoms with Crippen molar-refractivity contribution in [1.82, 2.24) is 5.01 Å². The average molecular weight is 449 g/mol. The van der Waals surface area contributed by atoms with Gasteiger partial charge in [0.05, 0.1) is 18.8 Å². The lowest BCUT2D eigenvalue weighted by atomic mass is 10.1. The van der Waals surface area contributed by atoms with E-state index in [4.69, 9.17) is 14.2 Å². The van der Waals surface area contributed by atoms with Crippen molar-refractivity contribution in [2.45, 2.75) is 33.1 Å². The fourth-order valence-corrected chi connectivity index (χ4v) is 3.13. The molecular formula is C20H21BrN2O5. The van der Waals surface area contributed by atoms with E-state index in [0.717, 1.165) is 4.47 Å². The van der Waals surface area contributed by atoms with Crippen LogP contribution in [0, 0.1) is 0 Å². The number of carbonyl (C=O) groups excluding carboxylic acids is 1. The summed E-state index contributed by atoms with van der Waals surface area (Å²) in [6, 6.07) is 10.3. The Balaban J connectivity index is 2.01. The quantitative estimate of drug-likeness (QED) is 0.741. The second-order valence-electron chi connectivity index (χ2n) is 6.48. The van der Waals surface area contributed by atoms with Gasteiger partial charge in [-0.05, 0) is 50.2 Å². The average Bonchev–Trinajstić information content (AvgIpc) is 3.09. The van der Waals surface area contributed by atoms with Crippen molar-refractivity contribution in [3.63, 3.8) is 0 Å². The van der Waals surface area contributed by atoms with Gasteiger partial charge in [0, 0.05) is 17.0 Å². The van der Waals surface area contributed by atoms with Gasteiger partial charge in [-0.1, -0.05) is 15.9 Å². The topological polar surface area (TPSA) is 80.6 Å². The number of carbonyl (C=O) groups is 1. The summed E-state index contributed by atoms with van der Waals surface area (Å²) >= 11 is 3.45. The van der Waals surface area contributed by atoms with Crippen LogP contribution in [0.15, 0.2) is 46.0 Å². The number of ether oxygens (including phenoxy) is 3. The fraction of sp³-hybridized carbons (Fsp3) is 0.300. The molecule has 1 amide bonds. The lowest BCUT2D eigenvalue weighted by Gasteiger charge is -2.20. The van der Waals surface area contributed by atoms with Gasteiger partial charge in [0.25, 0.3) is 0 Å². The highest BCUT2D eigenvalue weighted by molar-refractivity contribution is 9.10. The predicted molar refractivity (Wildman–Crippen MR) is 107 cm³/mol. The molecule has 0 saturated carbocycles. The number of amides is 1. The maximum absolute atomic E-state index is 12.2. The molecule has 1 N–H and O–H groups in total. The number of methoxy groups -OCH3 is 1. The van der Waals surface area contributed by atoms with Crippen LogP contribution in [0.4, 0.5) is 0 Å². The van der Waals surface area contributed by atoms with Gasteiger partial charge < -0.3 is 19.3 Å². The number of phenols is 1. The van der Waals surface area contributed by atoms with E-state index in [-0.39, 0.29) is 29.4 Å². The smallest absolute Gasteiger partial charge is 0.244 e. The summed E-state index contributed by atoms with van der Waals surface area (Å²) in [7, 11) is 1.45. The zero-order valence-corrected chi connectivity index (χ0v) is 17.6. The Bertz CT molecular complexity index is 929. The van der Waals surface area contributed by atoms with Gasteiger partial charge in [-0.2, -0.15) is 5.01 Å². The van der Waals surface area contributed by atoms with E-state index in [1.165, 1.54) is 25.1 Å². The maximum Gasteiger partial charge on any atom is 0.244 e.